The van der Waals surface area contributed by atoms with Crippen molar-refractivity contribution in [3.05, 3.63) is 54.4 Å². The fraction of sp³-hybridized carbons (Fsp3) is 0.480. The monoisotopic (exact) mass is 407 g/mol. The number of nitrogens with zero attached hydrogens (tertiary/aromatic N) is 3. The van der Waals surface area contributed by atoms with E-state index >= 15 is 0 Å². The number of carbonyl (C=O) groups is 2. The van der Waals surface area contributed by atoms with Gasteiger partial charge in [-0.05, 0) is 48.1 Å². The van der Waals surface area contributed by atoms with Crippen LogP contribution in [0.15, 0.2) is 48.8 Å². The molecule has 0 atom stereocenters. The van der Waals surface area contributed by atoms with Gasteiger partial charge < -0.3 is 9.80 Å². The number of pyridine rings is 1. The Hall–Kier alpha value is -2.69. The maximum atomic E-state index is 13.3. The molecule has 2 amide bonds. The van der Waals surface area contributed by atoms with Gasteiger partial charge in [0.05, 0.1) is 5.41 Å². The number of rotatable bonds is 4. The Bertz CT molecular complexity index is 892. The first-order chi connectivity index (χ1) is 14.1. The third-order valence-electron chi connectivity index (χ3n) is 5.99. The van der Waals surface area contributed by atoms with Crippen LogP contribution in [-0.4, -0.2) is 53.8 Å². The van der Waals surface area contributed by atoms with Gasteiger partial charge >= 0.3 is 0 Å². The molecule has 3 rings (SSSR count). The smallest absolute Gasteiger partial charge is 0.228 e. The molecular formula is C25H33N3O2. The standard InChI is InChI=1S/C25H33N3O2/c1-24(2,3)22(29)28-15-11-25(12-16-28,23(30)27(4)5)18-19-7-6-8-21(17-19)20-9-13-26-14-10-20/h6-10,13-14,17H,11-12,15-16,18H2,1-5H3. The number of likely N-dealkylation sites (tertiary alicyclic amines) is 1. The van der Waals surface area contributed by atoms with Crippen molar-refractivity contribution in [1.29, 1.82) is 0 Å². The van der Waals surface area contributed by atoms with Crippen LogP contribution in [0.4, 0.5) is 0 Å². The molecule has 1 aliphatic rings. The number of carbonyl (C=O) groups excluding carboxylic acids is 2. The zero-order valence-electron chi connectivity index (χ0n) is 18.8. The second-order valence-corrected chi connectivity index (χ2v) is 9.64. The second-order valence-electron chi connectivity index (χ2n) is 9.64. The average molecular weight is 408 g/mol. The molecule has 5 heteroatoms. The molecule has 0 aliphatic carbocycles. The van der Waals surface area contributed by atoms with Crippen LogP contribution in [0.5, 0.6) is 0 Å². The number of piperidine rings is 1. The van der Waals surface area contributed by atoms with E-state index in [4.69, 9.17) is 0 Å². The lowest BCUT2D eigenvalue weighted by molar-refractivity contribution is -0.149. The highest BCUT2D eigenvalue weighted by molar-refractivity contribution is 5.84. The Morgan fingerprint density at radius 1 is 1.03 bits per heavy atom. The van der Waals surface area contributed by atoms with Gasteiger partial charge in [0.1, 0.15) is 0 Å². The van der Waals surface area contributed by atoms with Crippen molar-refractivity contribution in [1.82, 2.24) is 14.8 Å². The Morgan fingerprint density at radius 3 is 2.23 bits per heavy atom. The van der Waals surface area contributed by atoms with E-state index in [2.05, 4.69) is 29.2 Å². The third kappa shape index (κ3) is 4.72. The topological polar surface area (TPSA) is 53.5 Å². The maximum absolute atomic E-state index is 13.3. The lowest BCUT2D eigenvalue weighted by atomic mass is 9.72. The molecule has 1 saturated heterocycles. The summed E-state index contributed by atoms with van der Waals surface area (Å²) in [5.41, 5.74) is 2.52. The van der Waals surface area contributed by atoms with Crippen molar-refractivity contribution in [2.75, 3.05) is 27.2 Å². The first kappa shape index (κ1) is 22.0. The van der Waals surface area contributed by atoms with Crippen molar-refractivity contribution in [3.8, 4) is 11.1 Å². The van der Waals surface area contributed by atoms with E-state index in [9.17, 15) is 9.59 Å². The summed E-state index contributed by atoms with van der Waals surface area (Å²) in [6.07, 6.45) is 5.64. The third-order valence-corrected chi connectivity index (χ3v) is 5.99. The molecule has 30 heavy (non-hydrogen) atoms. The number of amides is 2. The molecule has 160 valence electrons. The molecular weight excluding hydrogens is 374 g/mol. The Morgan fingerprint density at radius 2 is 1.67 bits per heavy atom. The molecule has 0 spiro atoms. The van der Waals surface area contributed by atoms with Crippen molar-refractivity contribution >= 4 is 11.8 Å². The first-order valence-corrected chi connectivity index (χ1v) is 10.6. The van der Waals surface area contributed by atoms with Gasteiger partial charge in [0.25, 0.3) is 0 Å². The van der Waals surface area contributed by atoms with E-state index in [1.165, 1.54) is 0 Å². The minimum atomic E-state index is -0.477. The van der Waals surface area contributed by atoms with Crippen LogP contribution in [0.25, 0.3) is 11.1 Å². The van der Waals surface area contributed by atoms with Crippen LogP contribution in [0.2, 0.25) is 0 Å². The van der Waals surface area contributed by atoms with Crippen LogP contribution in [-0.2, 0) is 16.0 Å². The van der Waals surface area contributed by atoms with Gasteiger partial charge in [-0.3, -0.25) is 14.6 Å². The Labute approximate surface area is 180 Å². The molecule has 1 fully saturated rings. The molecule has 2 aromatic rings. The molecule has 2 heterocycles. The highest BCUT2D eigenvalue weighted by Gasteiger charge is 2.44. The lowest BCUT2D eigenvalue weighted by Crippen LogP contribution is -2.52. The van der Waals surface area contributed by atoms with Crippen LogP contribution in [0, 0.1) is 10.8 Å². The minimum absolute atomic E-state index is 0.152. The molecule has 1 aromatic heterocycles. The highest BCUT2D eigenvalue weighted by Crippen LogP contribution is 2.38. The van der Waals surface area contributed by atoms with Crippen LogP contribution in [0.1, 0.15) is 39.2 Å². The van der Waals surface area contributed by atoms with E-state index < -0.39 is 10.8 Å². The van der Waals surface area contributed by atoms with E-state index in [0.717, 1.165) is 16.7 Å². The lowest BCUT2D eigenvalue weighted by Gasteiger charge is -2.43. The summed E-state index contributed by atoms with van der Waals surface area (Å²) in [6.45, 7) is 7.10. The summed E-state index contributed by atoms with van der Waals surface area (Å²) in [5, 5.41) is 0. The average Bonchev–Trinajstić information content (AvgIpc) is 2.73. The van der Waals surface area contributed by atoms with Gasteiger partial charge in [-0.15, -0.1) is 0 Å². The van der Waals surface area contributed by atoms with E-state index in [-0.39, 0.29) is 11.8 Å². The summed E-state index contributed by atoms with van der Waals surface area (Å²) in [5.74, 6) is 0.313. The quantitative estimate of drug-likeness (QED) is 0.769. The Balaban J connectivity index is 1.84. The molecule has 5 nitrogen and oxygen atoms in total. The number of hydrogen-bond donors (Lipinski definition) is 0. The van der Waals surface area contributed by atoms with Gasteiger partial charge in [-0.1, -0.05) is 45.0 Å². The molecule has 1 aromatic carbocycles. The summed E-state index contributed by atoms with van der Waals surface area (Å²) in [6, 6.07) is 12.4. The molecule has 0 unspecified atom stereocenters. The van der Waals surface area contributed by atoms with Crippen molar-refractivity contribution in [2.24, 2.45) is 10.8 Å². The van der Waals surface area contributed by atoms with Crippen LogP contribution >= 0.6 is 0 Å². The maximum Gasteiger partial charge on any atom is 0.228 e. The van der Waals surface area contributed by atoms with Gasteiger partial charge in [0, 0.05) is 45.0 Å². The predicted molar refractivity (Wildman–Crippen MR) is 120 cm³/mol. The Kier molecular flexibility index (Phi) is 6.30. The van der Waals surface area contributed by atoms with Crippen molar-refractivity contribution in [3.63, 3.8) is 0 Å². The van der Waals surface area contributed by atoms with Crippen molar-refractivity contribution < 1.29 is 9.59 Å². The largest absolute Gasteiger partial charge is 0.348 e. The summed E-state index contributed by atoms with van der Waals surface area (Å²) in [7, 11) is 3.65. The van der Waals surface area contributed by atoms with E-state index in [1.807, 2.05) is 51.9 Å². The van der Waals surface area contributed by atoms with E-state index in [1.54, 1.807) is 17.3 Å². The normalized spacial score (nSPS) is 16.2. The van der Waals surface area contributed by atoms with Crippen LogP contribution in [0.3, 0.4) is 0 Å². The molecule has 0 saturated carbocycles. The van der Waals surface area contributed by atoms with Crippen molar-refractivity contribution in [2.45, 2.75) is 40.0 Å². The fourth-order valence-electron chi connectivity index (χ4n) is 4.35. The minimum Gasteiger partial charge on any atom is -0.348 e. The van der Waals surface area contributed by atoms with Crippen LogP contribution < -0.4 is 0 Å². The zero-order chi connectivity index (χ0) is 21.9. The molecule has 1 aliphatic heterocycles. The predicted octanol–water partition coefficient (Wildman–Crippen LogP) is 4.03. The van der Waals surface area contributed by atoms with Gasteiger partial charge in [-0.25, -0.2) is 0 Å². The summed E-state index contributed by atoms with van der Waals surface area (Å²) in [4.78, 5) is 33.7. The number of hydrogen-bond acceptors (Lipinski definition) is 3. The SMILES string of the molecule is CN(C)C(=O)C1(Cc2cccc(-c3ccncc3)c2)CCN(C(=O)C(C)(C)C)CC1. The summed E-state index contributed by atoms with van der Waals surface area (Å²) >= 11 is 0. The number of aromatic nitrogens is 1. The molecule has 0 bridgehead atoms. The van der Waals surface area contributed by atoms with E-state index in [0.29, 0.717) is 32.4 Å². The number of benzene rings is 1. The van der Waals surface area contributed by atoms with Gasteiger partial charge in [0.15, 0.2) is 0 Å². The highest BCUT2D eigenvalue weighted by atomic mass is 16.2. The first-order valence-electron chi connectivity index (χ1n) is 10.6. The van der Waals surface area contributed by atoms with Gasteiger partial charge in [0.2, 0.25) is 11.8 Å². The summed E-state index contributed by atoms with van der Waals surface area (Å²) < 4.78 is 0. The second kappa shape index (κ2) is 8.58. The molecule has 0 N–H and O–H groups in total. The zero-order valence-corrected chi connectivity index (χ0v) is 18.8. The van der Waals surface area contributed by atoms with Gasteiger partial charge in [-0.2, -0.15) is 0 Å². The fourth-order valence-corrected chi connectivity index (χ4v) is 4.35. The molecule has 0 radical (unpaired) electrons.